The smallest absolute Gasteiger partial charge is 0.315 e. The summed E-state index contributed by atoms with van der Waals surface area (Å²) in [6.45, 7) is 1.69. The molecule has 2 N–H and O–H groups in total. The van der Waals surface area contributed by atoms with Crippen LogP contribution in [0.15, 0.2) is 24.3 Å². The monoisotopic (exact) mass is 252 g/mol. The van der Waals surface area contributed by atoms with Gasteiger partial charge in [-0.3, -0.25) is 0 Å². The van der Waals surface area contributed by atoms with Crippen LogP contribution in [0.25, 0.3) is 0 Å². The van der Waals surface area contributed by atoms with Crippen LogP contribution >= 0.6 is 0 Å². The average Bonchev–Trinajstić information content (AvgIpc) is 2.41. The molecule has 18 heavy (non-hydrogen) atoms. The van der Waals surface area contributed by atoms with Crippen molar-refractivity contribution >= 4 is 6.03 Å². The molecule has 0 aliphatic rings. The Morgan fingerprint density at radius 1 is 1.22 bits per heavy atom. The molecule has 2 amide bonds. The lowest BCUT2D eigenvalue weighted by molar-refractivity contribution is 0.193. The van der Waals surface area contributed by atoms with Gasteiger partial charge in [-0.05, 0) is 12.5 Å². The summed E-state index contributed by atoms with van der Waals surface area (Å²) in [5.74, 6) is 0.775. The number of hydrogen-bond acceptors (Lipinski definition) is 3. The van der Waals surface area contributed by atoms with E-state index in [1.165, 1.54) is 0 Å². The van der Waals surface area contributed by atoms with E-state index in [1.807, 2.05) is 24.3 Å². The molecule has 1 aromatic carbocycles. The Balaban J connectivity index is 2.29. The van der Waals surface area contributed by atoms with Crippen molar-refractivity contribution in [1.29, 1.82) is 0 Å². The summed E-state index contributed by atoms with van der Waals surface area (Å²) in [5, 5.41) is 5.53. The Kier molecular flexibility index (Phi) is 6.64. The Hall–Kier alpha value is -1.75. The van der Waals surface area contributed by atoms with Gasteiger partial charge >= 0.3 is 6.03 Å². The molecule has 0 atom stereocenters. The SMILES string of the molecule is COCCCNC(=O)NCc1ccccc1OC. The third-order valence-electron chi connectivity index (χ3n) is 2.44. The summed E-state index contributed by atoms with van der Waals surface area (Å²) in [5.41, 5.74) is 0.951. The number of hydrogen-bond donors (Lipinski definition) is 2. The Morgan fingerprint density at radius 3 is 2.72 bits per heavy atom. The van der Waals surface area contributed by atoms with E-state index in [2.05, 4.69) is 10.6 Å². The number of carbonyl (C=O) groups excluding carboxylic acids is 1. The van der Waals surface area contributed by atoms with E-state index in [9.17, 15) is 4.79 Å². The van der Waals surface area contributed by atoms with E-state index < -0.39 is 0 Å². The molecular formula is C13H20N2O3. The van der Waals surface area contributed by atoms with Crippen molar-refractivity contribution in [2.45, 2.75) is 13.0 Å². The molecule has 0 radical (unpaired) electrons. The van der Waals surface area contributed by atoms with Gasteiger partial charge in [-0.15, -0.1) is 0 Å². The number of benzene rings is 1. The molecule has 0 heterocycles. The highest BCUT2D eigenvalue weighted by Gasteiger charge is 2.03. The van der Waals surface area contributed by atoms with Crippen LogP contribution in [0.5, 0.6) is 5.75 Å². The van der Waals surface area contributed by atoms with Crippen LogP contribution in [0.4, 0.5) is 4.79 Å². The van der Waals surface area contributed by atoms with Crippen molar-refractivity contribution in [2.24, 2.45) is 0 Å². The van der Waals surface area contributed by atoms with Crippen LogP contribution in [0.2, 0.25) is 0 Å². The summed E-state index contributed by atoms with van der Waals surface area (Å²) in [7, 11) is 3.26. The first-order chi connectivity index (χ1) is 8.77. The summed E-state index contributed by atoms with van der Waals surface area (Å²) in [6, 6.07) is 7.41. The van der Waals surface area contributed by atoms with Crippen molar-refractivity contribution in [3.63, 3.8) is 0 Å². The topological polar surface area (TPSA) is 59.6 Å². The van der Waals surface area contributed by atoms with Gasteiger partial charge in [-0.25, -0.2) is 4.79 Å². The lowest BCUT2D eigenvalue weighted by Gasteiger charge is -2.10. The van der Waals surface area contributed by atoms with Crippen molar-refractivity contribution in [3.05, 3.63) is 29.8 Å². The lowest BCUT2D eigenvalue weighted by atomic mass is 10.2. The van der Waals surface area contributed by atoms with Crippen LogP contribution in [-0.2, 0) is 11.3 Å². The molecule has 5 nitrogen and oxygen atoms in total. The number of nitrogens with one attached hydrogen (secondary N) is 2. The Bertz CT molecular complexity index is 369. The molecule has 1 aromatic rings. The van der Waals surface area contributed by atoms with Crippen LogP contribution in [-0.4, -0.2) is 33.4 Å². The van der Waals surface area contributed by atoms with Gasteiger partial charge in [0, 0.05) is 32.4 Å². The largest absolute Gasteiger partial charge is 0.496 e. The predicted molar refractivity (Wildman–Crippen MR) is 69.7 cm³/mol. The van der Waals surface area contributed by atoms with Gasteiger partial charge < -0.3 is 20.1 Å². The van der Waals surface area contributed by atoms with E-state index in [0.29, 0.717) is 19.7 Å². The third-order valence-corrected chi connectivity index (χ3v) is 2.44. The standard InChI is InChI=1S/C13H20N2O3/c1-17-9-5-8-14-13(16)15-10-11-6-3-4-7-12(11)18-2/h3-4,6-7H,5,8-10H2,1-2H3,(H2,14,15,16). The van der Waals surface area contributed by atoms with E-state index >= 15 is 0 Å². The second kappa shape index (κ2) is 8.36. The minimum absolute atomic E-state index is 0.183. The number of urea groups is 1. The van der Waals surface area contributed by atoms with Gasteiger partial charge in [-0.1, -0.05) is 18.2 Å². The maximum absolute atomic E-state index is 11.5. The maximum Gasteiger partial charge on any atom is 0.315 e. The molecule has 1 rings (SSSR count). The number of methoxy groups -OCH3 is 2. The maximum atomic E-state index is 11.5. The summed E-state index contributed by atoms with van der Waals surface area (Å²) in [4.78, 5) is 11.5. The lowest BCUT2D eigenvalue weighted by Crippen LogP contribution is -2.35. The quantitative estimate of drug-likeness (QED) is 0.723. The van der Waals surface area contributed by atoms with Crippen molar-refractivity contribution in [3.8, 4) is 5.75 Å². The zero-order valence-electron chi connectivity index (χ0n) is 10.9. The average molecular weight is 252 g/mol. The first-order valence-electron chi connectivity index (χ1n) is 5.90. The van der Waals surface area contributed by atoms with Gasteiger partial charge in [0.05, 0.1) is 7.11 Å². The zero-order chi connectivity index (χ0) is 13.2. The van der Waals surface area contributed by atoms with Crippen LogP contribution in [0.1, 0.15) is 12.0 Å². The second-order valence-electron chi connectivity index (χ2n) is 3.77. The van der Waals surface area contributed by atoms with Gasteiger partial charge in [0.1, 0.15) is 5.75 Å². The second-order valence-corrected chi connectivity index (χ2v) is 3.77. The molecule has 0 saturated carbocycles. The molecule has 0 aromatic heterocycles. The fourth-order valence-corrected chi connectivity index (χ4v) is 1.51. The van der Waals surface area contributed by atoms with Crippen molar-refractivity contribution in [2.75, 3.05) is 27.4 Å². The van der Waals surface area contributed by atoms with Crippen molar-refractivity contribution < 1.29 is 14.3 Å². The Labute approximate surface area is 107 Å². The van der Waals surface area contributed by atoms with Gasteiger partial charge in [0.25, 0.3) is 0 Å². The van der Waals surface area contributed by atoms with E-state index in [1.54, 1.807) is 14.2 Å². The van der Waals surface area contributed by atoms with E-state index in [-0.39, 0.29) is 6.03 Å². The fourth-order valence-electron chi connectivity index (χ4n) is 1.51. The summed E-state index contributed by atoms with van der Waals surface area (Å²) < 4.78 is 10.1. The molecule has 0 fully saturated rings. The first kappa shape index (κ1) is 14.3. The fraction of sp³-hybridized carbons (Fsp3) is 0.462. The van der Waals surface area contributed by atoms with Crippen LogP contribution in [0, 0.1) is 0 Å². The molecule has 0 aliphatic carbocycles. The molecule has 0 aliphatic heterocycles. The van der Waals surface area contributed by atoms with Gasteiger partial charge in [0.2, 0.25) is 0 Å². The third kappa shape index (κ3) is 5.05. The highest BCUT2D eigenvalue weighted by atomic mass is 16.5. The predicted octanol–water partition coefficient (Wildman–Crippen LogP) is 1.53. The summed E-state index contributed by atoms with van der Waals surface area (Å²) in [6.07, 6.45) is 0.804. The number of para-hydroxylation sites is 1. The molecule has 100 valence electrons. The number of carbonyl (C=O) groups is 1. The van der Waals surface area contributed by atoms with Crippen molar-refractivity contribution in [1.82, 2.24) is 10.6 Å². The van der Waals surface area contributed by atoms with Crippen LogP contribution < -0.4 is 15.4 Å². The van der Waals surface area contributed by atoms with Gasteiger partial charge in [-0.2, -0.15) is 0 Å². The van der Waals surface area contributed by atoms with Gasteiger partial charge in [0.15, 0.2) is 0 Å². The van der Waals surface area contributed by atoms with E-state index in [4.69, 9.17) is 9.47 Å². The molecular weight excluding hydrogens is 232 g/mol. The first-order valence-corrected chi connectivity index (χ1v) is 5.90. The number of amides is 2. The normalized spacial score (nSPS) is 9.89. The number of ether oxygens (including phenoxy) is 2. The molecule has 5 heteroatoms. The van der Waals surface area contributed by atoms with Crippen LogP contribution in [0.3, 0.4) is 0 Å². The highest BCUT2D eigenvalue weighted by Crippen LogP contribution is 2.16. The molecule has 0 saturated heterocycles. The molecule has 0 bridgehead atoms. The zero-order valence-corrected chi connectivity index (χ0v) is 10.9. The summed E-state index contributed by atoms with van der Waals surface area (Å²) >= 11 is 0. The molecule has 0 unspecified atom stereocenters. The minimum Gasteiger partial charge on any atom is -0.496 e. The Morgan fingerprint density at radius 2 is 2.00 bits per heavy atom. The number of rotatable bonds is 7. The van der Waals surface area contributed by atoms with E-state index in [0.717, 1.165) is 17.7 Å². The molecule has 0 spiro atoms. The minimum atomic E-state index is -0.183. The highest BCUT2D eigenvalue weighted by molar-refractivity contribution is 5.73.